The van der Waals surface area contributed by atoms with E-state index >= 15 is 0 Å². The maximum absolute atomic E-state index is 12.7. The zero-order chi connectivity index (χ0) is 19.8. The van der Waals surface area contributed by atoms with E-state index < -0.39 is 17.9 Å². The molecule has 144 valence electrons. The average molecular weight is 395 g/mol. The molecule has 5 nitrogen and oxygen atoms in total. The molecule has 3 rings (SSSR count). The molecule has 0 radical (unpaired) electrons. The third-order valence-electron chi connectivity index (χ3n) is 4.16. The van der Waals surface area contributed by atoms with Gasteiger partial charge in [0.2, 0.25) is 0 Å². The van der Waals surface area contributed by atoms with Crippen molar-refractivity contribution in [3.05, 3.63) is 89.9 Å². The molecule has 1 heterocycles. The van der Waals surface area contributed by atoms with Crippen LogP contribution in [-0.4, -0.2) is 24.2 Å². The maximum Gasteiger partial charge on any atom is 0.329 e. The van der Waals surface area contributed by atoms with Crippen LogP contribution in [0.1, 0.15) is 21.7 Å². The predicted molar refractivity (Wildman–Crippen MR) is 108 cm³/mol. The smallest absolute Gasteiger partial charge is 0.329 e. The Kier molecular flexibility index (Phi) is 6.92. The number of rotatable bonds is 8. The molecule has 28 heavy (non-hydrogen) atoms. The molecule has 0 fully saturated rings. The van der Waals surface area contributed by atoms with Crippen LogP contribution >= 0.6 is 11.8 Å². The van der Waals surface area contributed by atoms with Gasteiger partial charge in [-0.3, -0.25) is 4.79 Å². The molecule has 1 N–H and O–H groups in total. The molecule has 0 spiro atoms. The summed E-state index contributed by atoms with van der Waals surface area (Å²) < 4.78 is 10.6. The number of thioether (sulfide) groups is 1. The van der Waals surface area contributed by atoms with Crippen LogP contribution in [0, 0.1) is 0 Å². The molecule has 2 aromatic carbocycles. The van der Waals surface area contributed by atoms with E-state index in [0.29, 0.717) is 6.42 Å². The van der Waals surface area contributed by atoms with E-state index in [4.69, 9.17) is 9.15 Å². The second kappa shape index (κ2) is 9.80. The quantitative estimate of drug-likeness (QED) is 0.460. The molecule has 1 aromatic heterocycles. The van der Waals surface area contributed by atoms with Crippen molar-refractivity contribution in [1.29, 1.82) is 0 Å². The highest BCUT2D eigenvalue weighted by Crippen LogP contribution is 2.15. The van der Waals surface area contributed by atoms with Gasteiger partial charge in [-0.05, 0) is 41.6 Å². The second-order valence-corrected chi connectivity index (χ2v) is 7.03. The van der Waals surface area contributed by atoms with Gasteiger partial charge >= 0.3 is 5.97 Å². The molecule has 0 aliphatic rings. The molecule has 0 unspecified atom stereocenters. The number of nitrogens with one attached hydrogen (secondary N) is 1. The van der Waals surface area contributed by atoms with Gasteiger partial charge in [0, 0.05) is 11.3 Å². The number of esters is 1. The topological polar surface area (TPSA) is 68.5 Å². The monoisotopic (exact) mass is 395 g/mol. The lowest BCUT2D eigenvalue weighted by Crippen LogP contribution is -2.43. The highest BCUT2D eigenvalue weighted by Gasteiger charge is 2.24. The van der Waals surface area contributed by atoms with Gasteiger partial charge in [0.25, 0.3) is 5.91 Å². The summed E-state index contributed by atoms with van der Waals surface area (Å²) in [4.78, 5) is 26.2. The number of hydrogen-bond donors (Lipinski definition) is 1. The number of furan rings is 1. The summed E-state index contributed by atoms with van der Waals surface area (Å²) in [5, 5.41) is 2.71. The van der Waals surface area contributed by atoms with E-state index in [1.165, 1.54) is 6.26 Å². The third-order valence-corrected chi connectivity index (χ3v) is 4.90. The van der Waals surface area contributed by atoms with Crippen LogP contribution in [0.3, 0.4) is 0 Å². The Morgan fingerprint density at radius 3 is 2.39 bits per heavy atom. The van der Waals surface area contributed by atoms with Gasteiger partial charge in [-0.25, -0.2) is 4.79 Å². The Balaban J connectivity index is 1.67. The SMILES string of the molecule is CSc1ccc(COC(=O)[C@H](Cc2ccccc2)NC(=O)c2ccco2)cc1. The largest absolute Gasteiger partial charge is 0.459 e. The first-order valence-electron chi connectivity index (χ1n) is 8.83. The van der Waals surface area contributed by atoms with Crippen molar-refractivity contribution in [3.63, 3.8) is 0 Å². The first-order chi connectivity index (χ1) is 13.7. The van der Waals surface area contributed by atoms with Gasteiger partial charge < -0.3 is 14.5 Å². The Morgan fingerprint density at radius 1 is 1.00 bits per heavy atom. The lowest BCUT2D eigenvalue weighted by molar-refractivity contribution is -0.147. The van der Waals surface area contributed by atoms with Crippen LogP contribution in [0.2, 0.25) is 0 Å². The molecule has 3 aromatic rings. The van der Waals surface area contributed by atoms with E-state index in [-0.39, 0.29) is 12.4 Å². The number of hydrogen-bond acceptors (Lipinski definition) is 5. The van der Waals surface area contributed by atoms with Gasteiger partial charge in [-0.1, -0.05) is 42.5 Å². The van der Waals surface area contributed by atoms with Crippen LogP contribution in [-0.2, 0) is 22.6 Å². The molecular formula is C22H21NO4S. The summed E-state index contributed by atoms with van der Waals surface area (Å²) in [6.45, 7) is 0.148. The lowest BCUT2D eigenvalue weighted by atomic mass is 10.1. The Morgan fingerprint density at radius 2 is 1.75 bits per heavy atom. The lowest BCUT2D eigenvalue weighted by Gasteiger charge is -2.17. The molecule has 1 atom stereocenters. The van der Waals surface area contributed by atoms with E-state index in [1.807, 2.05) is 60.9 Å². The molecule has 0 bridgehead atoms. The van der Waals surface area contributed by atoms with Crippen molar-refractivity contribution in [2.45, 2.75) is 24.0 Å². The van der Waals surface area contributed by atoms with E-state index in [1.54, 1.807) is 23.9 Å². The summed E-state index contributed by atoms with van der Waals surface area (Å²) in [7, 11) is 0. The van der Waals surface area contributed by atoms with E-state index in [0.717, 1.165) is 16.0 Å². The van der Waals surface area contributed by atoms with Gasteiger partial charge in [0.15, 0.2) is 5.76 Å². The van der Waals surface area contributed by atoms with Gasteiger partial charge in [0.1, 0.15) is 12.6 Å². The normalized spacial score (nSPS) is 11.6. The number of carbonyl (C=O) groups is 2. The summed E-state index contributed by atoms with van der Waals surface area (Å²) in [5.74, 6) is -0.788. The zero-order valence-corrected chi connectivity index (χ0v) is 16.3. The maximum atomic E-state index is 12.7. The fourth-order valence-electron chi connectivity index (χ4n) is 2.66. The molecular weight excluding hydrogens is 374 g/mol. The van der Waals surface area contributed by atoms with Gasteiger partial charge in [-0.2, -0.15) is 0 Å². The molecule has 0 aliphatic carbocycles. The minimum atomic E-state index is -0.814. The average Bonchev–Trinajstić information content (AvgIpc) is 3.28. The molecule has 6 heteroatoms. The van der Waals surface area contributed by atoms with Crippen molar-refractivity contribution in [2.75, 3.05) is 6.26 Å². The summed E-state index contributed by atoms with van der Waals surface area (Å²) in [6, 6.07) is 19.6. The van der Waals surface area contributed by atoms with E-state index in [2.05, 4.69) is 5.32 Å². The third kappa shape index (κ3) is 5.50. The number of ether oxygens (including phenoxy) is 1. The van der Waals surface area contributed by atoms with Crippen LogP contribution < -0.4 is 5.32 Å². The molecule has 0 saturated carbocycles. The first-order valence-corrected chi connectivity index (χ1v) is 10.1. The molecule has 0 saturated heterocycles. The summed E-state index contributed by atoms with van der Waals surface area (Å²) in [6.07, 6.45) is 3.75. The van der Waals surface area contributed by atoms with Crippen LogP contribution in [0.4, 0.5) is 0 Å². The molecule has 0 aliphatic heterocycles. The number of carbonyl (C=O) groups excluding carboxylic acids is 2. The standard InChI is InChI=1S/C22H21NO4S/c1-28-18-11-9-17(10-12-18)15-27-22(25)19(14-16-6-3-2-4-7-16)23-21(24)20-8-5-13-26-20/h2-13,19H,14-15H2,1H3,(H,23,24)/t19-/m0/s1. The second-order valence-electron chi connectivity index (χ2n) is 6.15. The Hall–Kier alpha value is -2.99. The highest BCUT2D eigenvalue weighted by molar-refractivity contribution is 7.98. The minimum Gasteiger partial charge on any atom is -0.459 e. The summed E-state index contributed by atoms with van der Waals surface area (Å²) in [5.41, 5.74) is 1.82. The van der Waals surface area contributed by atoms with Crippen LogP contribution in [0.15, 0.2) is 82.3 Å². The Labute approximate surface area is 168 Å². The fraction of sp³-hybridized carbons (Fsp3) is 0.182. The predicted octanol–water partition coefficient (Wildman–Crippen LogP) is 4.09. The Bertz CT molecular complexity index is 892. The minimum absolute atomic E-state index is 0.148. The fourth-order valence-corrected chi connectivity index (χ4v) is 3.07. The van der Waals surface area contributed by atoms with Crippen LogP contribution in [0.25, 0.3) is 0 Å². The van der Waals surface area contributed by atoms with Crippen molar-refractivity contribution >= 4 is 23.6 Å². The van der Waals surface area contributed by atoms with Gasteiger partial charge in [0.05, 0.1) is 6.26 Å². The van der Waals surface area contributed by atoms with Crippen molar-refractivity contribution in [2.24, 2.45) is 0 Å². The van der Waals surface area contributed by atoms with Gasteiger partial charge in [-0.15, -0.1) is 11.8 Å². The van der Waals surface area contributed by atoms with Crippen molar-refractivity contribution in [3.8, 4) is 0 Å². The zero-order valence-electron chi connectivity index (χ0n) is 15.5. The first kappa shape index (κ1) is 19.8. The molecule has 1 amide bonds. The number of amides is 1. The van der Waals surface area contributed by atoms with Crippen molar-refractivity contribution < 1.29 is 18.7 Å². The summed E-state index contributed by atoms with van der Waals surface area (Å²) >= 11 is 1.65. The highest BCUT2D eigenvalue weighted by atomic mass is 32.2. The number of benzene rings is 2. The van der Waals surface area contributed by atoms with E-state index in [9.17, 15) is 9.59 Å². The van der Waals surface area contributed by atoms with Crippen LogP contribution in [0.5, 0.6) is 0 Å². The van der Waals surface area contributed by atoms with Crippen molar-refractivity contribution in [1.82, 2.24) is 5.32 Å².